The maximum atomic E-state index is 14.2. The molecule has 17 heavy (non-hydrogen) atoms. The normalized spacial score (nSPS) is 46.5. The number of hydrogen-bond acceptors (Lipinski definition) is 4. The van der Waals surface area contributed by atoms with Gasteiger partial charge in [0.1, 0.15) is 12.2 Å². The fourth-order valence-electron chi connectivity index (χ4n) is 3.31. The molecule has 0 N–H and O–H groups in total. The van der Waals surface area contributed by atoms with Crippen molar-refractivity contribution in [2.24, 2.45) is 17.8 Å². The van der Waals surface area contributed by atoms with Crippen LogP contribution in [0.4, 0.5) is 4.39 Å². The van der Waals surface area contributed by atoms with Gasteiger partial charge in [-0.3, -0.25) is 4.79 Å². The van der Waals surface area contributed by atoms with Gasteiger partial charge in [0.05, 0.1) is 5.92 Å². The number of alkyl halides is 1. The second kappa shape index (κ2) is 3.21. The van der Waals surface area contributed by atoms with Crippen molar-refractivity contribution in [1.82, 2.24) is 0 Å². The molecular formula is C12H15FO4. The summed E-state index contributed by atoms with van der Waals surface area (Å²) in [6, 6.07) is 0. The second-order valence-electron chi connectivity index (χ2n) is 5.59. The molecule has 2 saturated carbocycles. The van der Waals surface area contributed by atoms with E-state index in [0.29, 0.717) is 6.42 Å². The van der Waals surface area contributed by atoms with Crippen molar-refractivity contribution in [2.45, 2.75) is 44.6 Å². The molecule has 3 aliphatic rings. The van der Waals surface area contributed by atoms with Gasteiger partial charge in [-0.2, -0.15) is 0 Å². The number of ether oxygens (including phenoxy) is 2. The number of halogens is 1. The van der Waals surface area contributed by atoms with E-state index in [1.165, 1.54) is 0 Å². The fraction of sp³-hybridized carbons (Fsp3) is 0.833. The smallest absolute Gasteiger partial charge is 0.344 e. The average molecular weight is 242 g/mol. The Kier molecular flexibility index (Phi) is 2.07. The summed E-state index contributed by atoms with van der Waals surface area (Å²) < 4.78 is 24.6. The summed E-state index contributed by atoms with van der Waals surface area (Å²) in [5.74, 6) is -1.77. The molecule has 5 atom stereocenters. The van der Waals surface area contributed by atoms with E-state index in [1.54, 1.807) is 13.8 Å². The number of carbonyl (C=O) groups excluding carboxylic acids is 2. The lowest BCUT2D eigenvalue weighted by molar-refractivity contribution is -0.164. The van der Waals surface area contributed by atoms with Crippen LogP contribution in [-0.4, -0.2) is 29.8 Å². The molecule has 1 saturated heterocycles. The summed E-state index contributed by atoms with van der Waals surface area (Å²) in [4.78, 5) is 23.0. The van der Waals surface area contributed by atoms with Gasteiger partial charge in [-0.05, 0) is 12.8 Å². The number of carbonyl (C=O) groups is 2. The summed E-state index contributed by atoms with van der Waals surface area (Å²) in [7, 11) is 0. The van der Waals surface area contributed by atoms with Crippen molar-refractivity contribution in [1.29, 1.82) is 0 Å². The molecule has 1 heterocycles. The second-order valence-corrected chi connectivity index (χ2v) is 5.59. The molecule has 3 rings (SSSR count). The Bertz CT molecular complexity index is 394. The highest BCUT2D eigenvalue weighted by Gasteiger charge is 2.72. The molecule has 0 aromatic heterocycles. The third-order valence-corrected chi connectivity index (χ3v) is 4.19. The number of hydrogen-bond donors (Lipinski definition) is 0. The third-order valence-electron chi connectivity index (χ3n) is 4.19. The Morgan fingerprint density at radius 3 is 2.94 bits per heavy atom. The fourth-order valence-corrected chi connectivity index (χ4v) is 3.31. The lowest BCUT2D eigenvalue weighted by Gasteiger charge is -2.27. The molecule has 0 radical (unpaired) electrons. The first-order chi connectivity index (χ1) is 7.93. The van der Waals surface area contributed by atoms with E-state index < -0.39 is 29.8 Å². The number of rotatable bonds is 2. The predicted octanol–water partition coefficient (Wildman–Crippen LogP) is 1.23. The molecular weight excluding hydrogens is 227 g/mol. The molecule has 5 unspecified atom stereocenters. The molecule has 3 fully saturated rings. The third kappa shape index (κ3) is 1.28. The van der Waals surface area contributed by atoms with E-state index in [4.69, 9.17) is 9.47 Å². The van der Waals surface area contributed by atoms with Gasteiger partial charge in [0, 0.05) is 11.8 Å². The molecule has 5 heteroatoms. The largest absolute Gasteiger partial charge is 0.458 e. The van der Waals surface area contributed by atoms with Gasteiger partial charge < -0.3 is 9.47 Å². The molecule has 94 valence electrons. The highest BCUT2D eigenvalue weighted by Crippen LogP contribution is 2.59. The van der Waals surface area contributed by atoms with Crippen molar-refractivity contribution >= 4 is 11.9 Å². The van der Waals surface area contributed by atoms with Gasteiger partial charge in [-0.1, -0.05) is 13.8 Å². The van der Waals surface area contributed by atoms with E-state index in [2.05, 4.69) is 0 Å². The zero-order valence-corrected chi connectivity index (χ0v) is 9.81. The average Bonchev–Trinajstić information content (AvgIpc) is 2.79. The summed E-state index contributed by atoms with van der Waals surface area (Å²) in [6.07, 6.45) is -0.273. The quantitative estimate of drug-likeness (QED) is 0.683. The van der Waals surface area contributed by atoms with E-state index in [1.807, 2.05) is 0 Å². The van der Waals surface area contributed by atoms with E-state index in [9.17, 15) is 14.0 Å². The van der Waals surface area contributed by atoms with Crippen LogP contribution in [0.3, 0.4) is 0 Å². The summed E-state index contributed by atoms with van der Waals surface area (Å²) in [6.45, 7) is 3.49. The van der Waals surface area contributed by atoms with Crippen LogP contribution in [0.25, 0.3) is 0 Å². The minimum absolute atomic E-state index is 0.0656. The predicted molar refractivity (Wildman–Crippen MR) is 54.7 cm³/mol. The van der Waals surface area contributed by atoms with Crippen molar-refractivity contribution in [3.05, 3.63) is 0 Å². The molecule has 4 nitrogen and oxygen atoms in total. The van der Waals surface area contributed by atoms with E-state index in [0.717, 1.165) is 0 Å². The van der Waals surface area contributed by atoms with Crippen LogP contribution < -0.4 is 0 Å². The molecule has 2 aliphatic carbocycles. The Hall–Kier alpha value is -1.13. The van der Waals surface area contributed by atoms with Gasteiger partial charge in [-0.25, -0.2) is 9.18 Å². The molecule has 0 aromatic rings. The van der Waals surface area contributed by atoms with Crippen LogP contribution in [-0.2, 0) is 19.1 Å². The first-order valence-electron chi connectivity index (χ1n) is 6.04. The topological polar surface area (TPSA) is 52.6 Å². The number of fused-ring (bicyclic) bond motifs is 1. The van der Waals surface area contributed by atoms with E-state index in [-0.39, 0.29) is 24.2 Å². The molecule has 2 bridgehead atoms. The van der Waals surface area contributed by atoms with Crippen LogP contribution in [0.1, 0.15) is 26.7 Å². The zero-order chi connectivity index (χ0) is 12.4. The molecule has 1 aliphatic heterocycles. The van der Waals surface area contributed by atoms with Crippen LogP contribution in [0, 0.1) is 17.8 Å². The van der Waals surface area contributed by atoms with Gasteiger partial charge in [0.25, 0.3) is 0 Å². The highest BCUT2D eigenvalue weighted by atomic mass is 19.1. The van der Waals surface area contributed by atoms with Gasteiger partial charge in [0.15, 0.2) is 0 Å². The first-order valence-corrected chi connectivity index (χ1v) is 6.04. The number of esters is 2. The van der Waals surface area contributed by atoms with Crippen LogP contribution in [0.2, 0.25) is 0 Å². The van der Waals surface area contributed by atoms with Crippen LogP contribution >= 0.6 is 0 Å². The molecule has 0 amide bonds. The zero-order valence-electron chi connectivity index (χ0n) is 9.81. The minimum atomic E-state index is -1.81. The molecule has 0 aromatic carbocycles. The summed E-state index contributed by atoms with van der Waals surface area (Å²) >= 11 is 0. The lowest BCUT2D eigenvalue weighted by Crippen LogP contribution is -2.42. The molecule has 0 spiro atoms. The van der Waals surface area contributed by atoms with Gasteiger partial charge >= 0.3 is 11.9 Å². The minimum Gasteiger partial charge on any atom is -0.458 e. The SMILES string of the molecule is CC(C)C(=O)OC1C2CC3C1OC(=O)C3(F)C2. The highest BCUT2D eigenvalue weighted by molar-refractivity contribution is 5.84. The van der Waals surface area contributed by atoms with Crippen LogP contribution in [0.5, 0.6) is 0 Å². The summed E-state index contributed by atoms with van der Waals surface area (Å²) in [5, 5.41) is 0. The van der Waals surface area contributed by atoms with Gasteiger partial charge in [-0.15, -0.1) is 0 Å². The van der Waals surface area contributed by atoms with Crippen molar-refractivity contribution in [2.75, 3.05) is 0 Å². The van der Waals surface area contributed by atoms with Crippen LogP contribution in [0.15, 0.2) is 0 Å². The Balaban J connectivity index is 1.79. The standard InChI is InChI=1S/C12H15FO4/c1-5(2)10(14)16-8-6-3-7-9(8)17-11(15)12(7,13)4-6/h5-9H,3-4H2,1-2H3. The lowest BCUT2D eigenvalue weighted by atomic mass is 9.85. The Morgan fingerprint density at radius 2 is 2.29 bits per heavy atom. The van der Waals surface area contributed by atoms with Crippen molar-refractivity contribution in [3.63, 3.8) is 0 Å². The first kappa shape index (κ1) is 11.0. The monoisotopic (exact) mass is 242 g/mol. The Labute approximate surface area is 98.5 Å². The van der Waals surface area contributed by atoms with Gasteiger partial charge in [0.2, 0.25) is 5.67 Å². The maximum Gasteiger partial charge on any atom is 0.344 e. The van der Waals surface area contributed by atoms with Crippen molar-refractivity contribution < 1.29 is 23.5 Å². The summed E-state index contributed by atoms with van der Waals surface area (Å²) in [5.41, 5.74) is -1.81. The maximum absolute atomic E-state index is 14.2. The van der Waals surface area contributed by atoms with Crippen molar-refractivity contribution in [3.8, 4) is 0 Å². The van der Waals surface area contributed by atoms with E-state index >= 15 is 0 Å². The Morgan fingerprint density at radius 1 is 1.59 bits per heavy atom.